The van der Waals surface area contributed by atoms with Crippen molar-refractivity contribution in [3.05, 3.63) is 23.2 Å². The van der Waals surface area contributed by atoms with Crippen LogP contribution >= 0.6 is 22.9 Å². The third kappa shape index (κ3) is 2.04. The van der Waals surface area contributed by atoms with Gasteiger partial charge in [-0.05, 0) is 12.1 Å². The Bertz CT molecular complexity index is 607. The molecular formula is C12H11ClN2O2S. The van der Waals surface area contributed by atoms with Gasteiger partial charge < -0.3 is 9.64 Å². The lowest BCUT2D eigenvalue weighted by Crippen LogP contribution is -2.52. The highest BCUT2D eigenvalue weighted by molar-refractivity contribution is 7.22. The van der Waals surface area contributed by atoms with Crippen LogP contribution in [0.5, 0.6) is 0 Å². The van der Waals surface area contributed by atoms with Crippen molar-refractivity contribution in [3.8, 4) is 0 Å². The number of benzene rings is 1. The number of thiazole rings is 1. The van der Waals surface area contributed by atoms with Crippen molar-refractivity contribution >= 4 is 44.3 Å². The fourth-order valence-corrected chi connectivity index (χ4v) is 3.23. The van der Waals surface area contributed by atoms with Gasteiger partial charge in [0.2, 0.25) is 0 Å². The Hall–Kier alpha value is -1.33. The molecule has 1 saturated heterocycles. The summed E-state index contributed by atoms with van der Waals surface area (Å²) in [4.78, 5) is 17.4. The van der Waals surface area contributed by atoms with Gasteiger partial charge in [0.25, 0.3) is 0 Å². The van der Waals surface area contributed by atoms with Crippen molar-refractivity contribution in [2.45, 2.75) is 13.0 Å². The highest BCUT2D eigenvalue weighted by atomic mass is 35.5. The first kappa shape index (κ1) is 11.7. The van der Waals surface area contributed by atoms with Gasteiger partial charge in [0, 0.05) is 6.92 Å². The summed E-state index contributed by atoms with van der Waals surface area (Å²) in [6, 6.07) is 5.77. The van der Waals surface area contributed by atoms with E-state index in [0.717, 1.165) is 15.3 Å². The Morgan fingerprint density at radius 2 is 2.33 bits per heavy atom. The molecule has 3 rings (SSSR count). The lowest BCUT2D eigenvalue weighted by Gasteiger charge is -2.37. The smallest absolute Gasteiger partial charge is 0.303 e. The van der Waals surface area contributed by atoms with Gasteiger partial charge in [0.1, 0.15) is 11.6 Å². The summed E-state index contributed by atoms with van der Waals surface area (Å²) >= 11 is 7.70. The Labute approximate surface area is 113 Å². The molecular weight excluding hydrogens is 272 g/mol. The Balaban J connectivity index is 1.77. The minimum atomic E-state index is -0.230. The molecule has 2 aromatic rings. The van der Waals surface area contributed by atoms with E-state index in [1.54, 1.807) is 11.3 Å². The van der Waals surface area contributed by atoms with Gasteiger partial charge in [-0.3, -0.25) is 4.79 Å². The highest BCUT2D eigenvalue weighted by Crippen LogP contribution is 2.34. The molecule has 0 unspecified atom stereocenters. The molecule has 0 N–H and O–H groups in total. The van der Waals surface area contributed by atoms with Crippen LogP contribution in [0.1, 0.15) is 6.92 Å². The summed E-state index contributed by atoms with van der Waals surface area (Å²) in [7, 11) is 0. The normalized spacial score (nSPS) is 15.8. The molecule has 0 amide bonds. The van der Waals surface area contributed by atoms with Crippen molar-refractivity contribution in [2.75, 3.05) is 18.0 Å². The zero-order chi connectivity index (χ0) is 12.7. The molecule has 1 aromatic carbocycles. The number of hydrogen-bond acceptors (Lipinski definition) is 5. The lowest BCUT2D eigenvalue weighted by molar-refractivity contribution is -0.147. The molecule has 0 atom stereocenters. The van der Waals surface area contributed by atoms with E-state index in [1.165, 1.54) is 6.92 Å². The SMILES string of the molecule is CC(=O)OC1CN(c2nc3c(Cl)cccc3s2)C1. The summed E-state index contributed by atoms with van der Waals surface area (Å²) < 4.78 is 6.18. The van der Waals surface area contributed by atoms with Gasteiger partial charge in [-0.2, -0.15) is 0 Å². The molecule has 2 heterocycles. The molecule has 0 saturated carbocycles. The number of rotatable bonds is 2. The summed E-state index contributed by atoms with van der Waals surface area (Å²) in [6.07, 6.45) is -0.00927. The molecule has 1 fully saturated rings. The topological polar surface area (TPSA) is 42.4 Å². The molecule has 0 aliphatic carbocycles. The van der Waals surface area contributed by atoms with Crippen LogP contribution in [0.15, 0.2) is 18.2 Å². The molecule has 4 nitrogen and oxygen atoms in total. The van der Waals surface area contributed by atoms with Gasteiger partial charge in [-0.1, -0.05) is 29.0 Å². The largest absolute Gasteiger partial charge is 0.459 e. The maximum absolute atomic E-state index is 10.8. The average molecular weight is 283 g/mol. The predicted octanol–water partition coefficient (Wildman–Crippen LogP) is 2.70. The fraction of sp³-hybridized carbons (Fsp3) is 0.333. The fourth-order valence-electron chi connectivity index (χ4n) is 1.94. The number of fused-ring (bicyclic) bond motifs is 1. The minimum absolute atomic E-state index is 0.00927. The van der Waals surface area contributed by atoms with Crippen molar-refractivity contribution in [2.24, 2.45) is 0 Å². The number of nitrogens with zero attached hydrogens (tertiary/aromatic N) is 2. The van der Waals surface area contributed by atoms with Crippen LogP contribution < -0.4 is 4.90 Å². The van der Waals surface area contributed by atoms with Gasteiger partial charge >= 0.3 is 5.97 Å². The van der Waals surface area contributed by atoms with Gasteiger partial charge in [-0.15, -0.1) is 0 Å². The molecule has 1 aromatic heterocycles. The highest BCUT2D eigenvalue weighted by Gasteiger charge is 2.31. The van der Waals surface area contributed by atoms with Crippen LogP contribution in [-0.2, 0) is 9.53 Å². The van der Waals surface area contributed by atoms with Crippen molar-refractivity contribution in [1.82, 2.24) is 4.98 Å². The standard InChI is InChI=1S/C12H11ClN2O2S/c1-7(16)17-8-5-15(6-8)12-14-11-9(13)3-2-4-10(11)18-12/h2-4,8H,5-6H2,1H3. The summed E-state index contributed by atoms with van der Waals surface area (Å²) in [6.45, 7) is 2.84. The van der Waals surface area contributed by atoms with Gasteiger partial charge in [0.05, 0.1) is 22.8 Å². The Kier molecular flexibility index (Phi) is 2.87. The number of aromatic nitrogens is 1. The number of esters is 1. The minimum Gasteiger partial charge on any atom is -0.459 e. The zero-order valence-corrected chi connectivity index (χ0v) is 11.3. The van der Waals surface area contributed by atoms with Crippen molar-refractivity contribution in [1.29, 1.82) is 0 Å². The number of carbonyl (C=O) groups excluding carboxylic acids is 1. The molecule has 18 heavy (non-hydrogen) atoms. The molecule has 0 radical (unpaired) electrons. The first-order valence-corrected chi connectivity index (χ1v) is 6.80. The summed E-state index contributed by atoms with van der Waals surface area (Å²) in [5, 5.41) is 1.61. The van der Waals surface area contributed by atoms with E-state index >= 15 is 0 Å². The molecule has 0 spiro atoms. The second-order valence-corrected chi connectivity index (χ2v) is 5.64. The first-order valence-electron chi connectivity index (χ1n) is 5.60. The van der Waals surface area contributed by atoms with E-state index in [9.17, 15) is 4.79 Å². The van der Waals surface area contributed by atoms with Crippen LogP contribution in [0.25, 0.3) is 10.2 Å². The van der Waals surface area contributed by atoms with Crippen LogP contribution in [0.4, 0.5) is 5.13 Å². The van der Waals surface area contributed by atoms with Crippen LogP contribution in [0.2, 0.25) is 5.02 Å². The number of carbonyl (C=O) groups is 1. The van der Waals surface area contributed by atoms with Crippen molar-refractivity contribution in [3.63, 3.8) is 0 Å². The number of anilines is 1. The van der Waals surface area contributed by atoms with E-state index in [1.807, 2.05) is 18.2 Å². The Morgan fingerprint density at radius 3 is 3.00 bits per heavy atom. The van der Waals surface area contributed by atoms with E-state index < -0.39 is 0 Å². The Morgan fingerprint density at radius 1 is 1.56 bits per heavy atom. The number of ether oxygens (including phenoxy) is 1. The van der Waals surface area contributed by atoms with E-state index in [2.05, 4.69) is 9.88 Å². The van der Waals surface area contributed by atoms with Crippen molar-refractivity contribution < 1.29 is 9.53 Å². The van der Waals surface area contributed by atoms with Crippen LogP contribution in [0, 0.1) is 0 Å². The summed E-state index contributed by atoms with van der Waals surface area (Å²) in [5.41, 5.74) is 0.843. The van der Waals surface area contributed by atoms with E-state index in [-0.39, 0.29) is 12.1 Å². The predicted molar refractivity (Wildman–Crippen MR) is 72.4 cm³/mol. The maximum atomic E-state index is 10.8. The van der Waals surface area contributed by atoms with Crippen LogP contribution in [-0.4, -0.2) is 30.1 Å². The lowest BCUT2D eigenvalue weighted by atomic mass is 10.2. The second kappa shape index (κ2) is 4.40. The molecule has 1 aliphatic rings. The third-order valence-corrected chi connectivity index (χ3v) is 4.20. The monoisotopic (exact) mass is 282 g/mol. The van der Waals surface area contributed by atoms with Gasteiger partial charge in [-0.25, -0.2) is 4.98 Å². The maximum Gasteiger partial charge on any atom is 0.303 e. The number of hydrogen-bond donors (Lipinski definition) is 0. The number of para-hydroxylation sites is 1. The zero-order valence-electron chi connectivity index (χ0n) is 9.72. The average Bonchev–Trinajstić information content (AvgIpc) is 2.67. The van der Waals surface area contributed by atoms with E-state index in [0.29, 0.717) is 18.1 Å². The van der Waals surface area contributed by atoms with Crippen LogP contribution in [0.3, 0.4) is 0 Å². The van der Waals surface area contributed by atoms with E-state index in [4.69, 9.17) is 16.3 Å². The third-order valence-electron chi connectivity index (χ3n) is 2.81. The first-order chi connectivity index (χ1) is 8.63. The second-order valence-electron chi connectivity index (χ2n) is 4.22. The summed E-state index contributed by atoms with van der Waals surface area (Å²) in [5.74, 6) is -0.230. The molecule has 0 bridgehead atoms. The quantitative estimate of drug-likeness (QED) is 0.794. The molecule has 94 valence electrons. The van der Waals surface area contributed by atoms with Gasteiger partial charge in [0.15, 0.2) is 5.13 Å². The number of halogens is 1. The molecule has 1 aliphatic heterocycles. The molecule has 6 heteroatoms.